The second-order valence-corrected chi connectivity index (χ2v) is 3.49. The lowest BCUT2D eigenvalue weighted by Crippen LogP contribution is -2.54. The third-order valence-electron chi connectivity index (χ3n) is 2.60. The summed E-state index contributed by atoms with van der Waals surface area (Å²) in [6.07, 6.45) is 6.55. The molecule has 13 heavy (non-hydrogen) atoms. The Morgan fingerprint density at radius 3 is 2.77 bits per heavy atom. The Kier molecular flexibility index (Phi) is 3.32. The zero-order valence-electron chi connectivity index (χ0n) is 7.86. The molecule has 3 nitrogen and oxygen atoms in total. The minimum atomic E-state index is -0.799. The summed E-state index contributed by atoms with van der Waals surface area (Å²) in [4.78, 5) is 12.7. The minimum Gasteiger partial charge on any atom is -0.480 e. The van der Waals surface area contributed by atoms with Gasteiger partial charge in [0.2, 0.25) is 0 Å². The molecule has 1 aliphatic rings. The summed E-state index contributed by atoms with van der Waals surface area (Å²) in [6.45, 7) is 3.89. The Bertz CT molecular complexity index is 226. The van der Waals surface area contributed by atoms with Crippen LogP contribution in [0.2, 0.25) is 0 Å². The highest BCUT2D eigenvalue weighted by Gasteiger charge is 2.34. The van der Waals surface area contributed by atoms with Gasteiger partial charge in [-0.15, -0.1) is 12.3 Å². The van der Waals surface area contributed by atoms with E-state index >= 15 is 0 Å². The molecule has 0 aromatic carbocycles. The van der Waals surface area contributed by atoms with E-state index in [1.807, 2.05) is 4.90 Å². The maximum Gasteiger partial charge on any atom is 0.321 e. The SMILES string of the molecule is C#CCC(C(=O)O)N1CC(CC)C1. The van der Waals surface area contributed by atoms with Crippen molar-refractivity contribution in [3.8, 4) is 12.3 Å². The monoisotopic (exact) mass is 181 g/mol. The highest BCUT2D eigenvalue weighted by Crippen LogP contribution is 2.22. The topological polar surface area (TPSA) is 40.5 Å². The van der Waals surface area contributed by atoms with Gasteiger partial charge < -0.3 is 5.11 Å². The molecule has 1 atom stereocenters. The Morgan fingerprint density at radius 1 is 1.77 bits per heavy atom. The Hall–Kier alpha value is -1.01. The molecular weight excluding hydrogens is 166 g/mol. The van der Waals surface area contributed by atoms with Crippen LogP contribution in [-0.4, -0.2) is 35.1 Å². The van der Waals surface area contributed by atoms with Gasteiger partial charge in [0.05, 0.1) is 0 Å². The smallest absolute Gasteiger partial charge is 0.321 e. The molecule has 0 bridgehead atoms. The van der Waals surface area contributed by atoms with Crippen molar-refractivity contribution < 1.29 is 9.90 Å². The van der Waals surface area contributed by atoms with Crippen LogP contribution in [0.25, 0.3) is 0 Å². The predicted molar refractivity (Wildman–Crippen MR) is 50.2 cm³/mol. The minimum absolute atomic E-state index is 0.311. The molecule has 1 N–H and O–H groups in total. The Morgan fingerprint density at radius 2 is 2.38 bits per heavy atom. The van der Waals surface area contributed by atoms with Crippen molar-refractivity contribution in [1.82, 2.24) is 4.90 Å². The van der Waals surface area contributed by atoms with Crippen LogP contribution in [0.1, 0.15) is 19.8 Å². The number of aliphatic carboxylic acids is 1. The van der Waals surface area contributed by atoms with E-state index in [1.54, 1.807) is 0 Å². The number of nitrogens with zero attached hydrogens (tertiary/aromatic N) is 1. The average Bonchev–Trinajstić information content (AvgIpc) is 2.00. The number of likely N-dealkylation sites (tertiary alicyclic amines) is 1. The van der Waals surface area contributed by atoms with Gasteiger partial charge in [0.15, 0.2) is 0 Å². The van der Waals surface area contributed by atoms with E-state index in [1.165, 1.54) is 0 Å². The van der Waals surface area contributed by atoms with E-state index < -0.39 is 12.0 Å². The molecule has 1 rings (SSSR count). The van der Waals surface area contributed by atoms with Gasteiger partial charge in [0.25, 0.3) is 0 Å². The van der Waals surface area contributed by atoms with Gasteiger partial charge in [-0.1, -0.05) is 13.3 Å². The largest absolute Gasteiger partial charge is 0.480 e. The molecule has 1 saturated heterocycles. The van der Waals surface area contributed by atoms with Crippen LogP contribution in [-0.2, 0) is 4.79 Å². The van der Waals surface area contributed by atoms with Crippen LogP contribution in [0.3, 0.4) is 0 Å². The molecule has 0 saturated carbocycles. The molecule has 1 unspecified atom stereocenters. The summed E-state index contributed by atoms with van der Waals surface area (Å²) < 4.78 is 0. The molecule has 72 valence electrons. The van der Waals surface area contributed by atoms with Crippen LogP contribution in [0, 0.1) is 18.3 Å². The van der Waals surface area contributed by atoms with E-state index in [9.17, 15) is 4.79 Å². The summed E-state index contributed by atoms with van der Waals surface area (Å²) >= 11 is 0. The standard InChI is InChI=1S/C10H15NO2/c1-3-5-9(10(12)13)11-6-8(4-2)7-11/h1,8-9H,4-7H2,2H3,(H,12,13). The number of carbonyl (C=O) groups is 1. The second kappa shape index (κ2) is 4.29. The van der Waals surface area contributed by atoms with Crippen molar-refractivity contribution >= 4 is 5.97 Å². The van der Waals surface area contributed by atoms with Crippen molar-refractivity contribution in [2.24, 2.45) is 5.92 Å². The second-order valence-electron chi connectivity index (χ2n) is 3.49. The number of carboxylic acid groups (broad SMARTS) is 1. The van der Waals surface area contributed by atoms with Crippen molar-refractivity contribution in [3.05, 3.63) is 0 Å². The molecule has 0 amide bonds. The third kappa shape index (κ3) is 2.22. The van der Waals surface area contributed by atoms with E-state index in [2.05, 4.69) is 12.8 Å². The summed E-state index contributed by atoms with van der Waals surface area (Å²) in [5, 5.41) is 8.86. The first-order valence-electron chi connectivity index (χ1n) is 4.59. The molecule has 3 heteroatoms. The first kappa shape index (κ1) is 10.1. The van der Waals surface area contributed by atoms with Gasteiger partial charge in [-0.3, -0.25) is 9.69 Å². The number of carboxylic acids is 1. The van der Waals surface area contributed by atoms with Crippen LogP contribution in [0.5, 0.6) is 0 Å². The van der Waals surface area contributed by atoms with Crippen LogP contribution in [0.4, 0.5) is 0 Å². The Labute approximate surface area is 78.7 Å². The van der Waals surface area contributed by atoms with Gasteiger partial charge in [0, 0.05) is 19.5 Å². The third-order valence-corrected chi connectivity index (χ3v) is 2.60. The van der Waals surface area contributed by atoms with Gasteiger partial charge in [-0.2, -0.15) is 0 Å². The van der Waals surface area contributed by atoms with Crippen molar-refractivity contribution in [2.45, 2.75) is 25.8 Å². The molecule has 0 aromatic heterocycles. The first-order valence-corrected chi connectivity index (χ1v) is 4.59. The maximum absolute atomic E-state index is 10.8. The van der Waals surface area contributed by atoms with Crippen molar-refractivity contribution in [2.75, 3.05) is 13.1 Å². The molecular formula is C10H15NO2. The van der Waals surface area contributed by atoms with Gasteiger partial charge in [-0.05, 0) is 5.92 Å². The highest BCUT2D eigenvalue weighted by atomic mass is 16.4. The molecule has 1 fully saturated rings. The van der Waals surface area contributed by atoms with Crippen LogP contribution < -0.4 is 0 Å². The molecule has 0 aromatic rings. The average molecular weight is 181 g/mol. The quantitative estimate of drug-likeness (QED) is 0.652. The lowest BCUT2D eigenvalue weighted by molar-refractivity contribution is -0.146. The number of hydrogen-bond donors (Lipinski definition) is 1. The van der Waals surface area contributed by atoms with E-state index in [0.717, 1.165) is 19.5 Å². The van der Waals surface area contributed by atoms with Gasteiger partial charge in [-0.25, -0.2) is 0 Å². The zero-order chi connectivity index (χ0) is 9.84. The number of rotatable bonds is 4. The summed E-state index contributed by atoms with van der Waals surface area (Å²) in [7, 11) is 0. The van der Waals surface area contributed by atoms with Gasteiger partial charge >= 0.3 is 5.97 Å². The maximum atomic E-state index is 10.8. The molecule has 0 aliphatic carbocycles. The van der Waals surface area contributed by atoms with E-state index in [0.29, 0.717) is 12.3 Å². The fourth-order valence-corrected chi connectivity index (χ4v) is 1.61. The van der Waals surface area contributed by atoms with E-state index in [-0.39, 0.29) is 0 Å². The lowest BCUT2D eigenvalue weighted by Gasteiger charge is -2.41. The number of terminal acetylenes is 1. The van der Waals surface area contributed by atoms with Crippen LogP contribution >= 0.6 is 0 Å². The normalized spacial score (nSPS) is 20.3. The van der Waals surface area contributed by atoms with Crippen molar-refractivity contribution in [3.63, 3.8) is 0 Å². The fraction of sp³-hybridized carbons (Fsp3) is 0.700. The summed E-state index contributed by atoms with van der Waals surface area (Å²) in [5.41, 5.74) is 0. The highest BCUT2D eigenvalue weighted by molar-refractivity contribution is 5.74. The van der Waals surface area contributed by atoms with E-state index in [4.69, 9.17) is 11.5 Å². The van der Waals surface area contributed by atoms with Crippen molar-refractivity contribution in [1.29, 1.82) is 0 Å². The lowest BCUT2D eigenvalue weighted by atomic mass is 9.94. The molecule has 0 spiro atoms. The Balaban J connectivity index is 2.41. The zero-order valence-corrected chi connectivity index (χ0v) is 7.86. The molecule has 1 heterocycles. The fourth-order valence-electron chi connectivity index (χ4n) is 1.61. The number of hydrogen-bond acceptors (Lipinski definition) is 2. The summed E-state index contributed by atoms with van der Waals surface area (Å²) in [5.74, 6) is 2.28. The molecule has 1 aliphatic heterocycles. The van der Waals surface area contributed by atoms with Crippen LogP contribution in [0.15, 0.2) is 0 Å². The van der Waals surface area contributed by atoms with Gasteiger partial charge in [0.1, 0.15) is 6.04 Å². The first-order chi connectivity index (χ1) is 6.19. The molecule has 0 radical (unpaired) electrons. The predicted octanol–water partition coefficient (Wildman–Crippen LogP) is 0.805. The summed E-state index contributed by atoms with van der Waals surface area (Å²) in [6, 6.07) is -0.465.